The molecule has 17 heavy (non-hydrogen) atoms. The number of nitrogens with one attached hydrogen (secondary N) is 1. The van der Waals surface area contributed by atoms with Gasteiger partial charge < -0.3 is 5.32 Å². The van der Waals surface area contributed by atoms with Crippen molar-refractivity contribution < 1.29 is 0 Å². The van der Waals surface area contributed by atoms with Crippen molar-refractivity contribution in [2.45, 2.75) is 47.0 Å². The highest BCUT2D eigenvalue weighted by Crippen LogP contribution is 2.80. The van der Waals surface area contributed by atoms with Gasteiger partial charge in [-0.25, -0.2) is 0 Å². The van der Waals surface area contributed by atoms with Gasteiger partial charge in [0.25, 0.3) is 0 Å². The molecule has 1 fully saturated rings. The third kappa shape index (κ3) is 0.941. The first-order valence-corrected chi connectivity index (χ1v) is 6.61. The summed E-state index contributed by atoms with van der Waals surface area (Å²) in [5.41, 5.74) is 6.86. The second-order valence-corrected chi connectivity index (χ2v) is 7.01. The predicted molar refractivity (Wildman–Crippen MR) is 73.6 cm³/mol. The molecule has 1 spiro atoms. The highest BCUT2D eigenvalue weighted by atomic mass is 15.0. The molecule has 1 aliphatic heterocycles. The Bertz CT molecular complexity index is 495. The van der Waals surface area contributed by atoms with Crippen molar-refractivity contribution in [3.63, 3.8) is 0 Å². The average molecular weight is 229 g/mol. The Hall–Kier alpha value is -0.980. The van der Waals surface area contributed by atoms with E-state index in [2.05, 4.69) is 59.0 Å². The van der Waals surface area contributed by atoms with Crippen molar-refractivity contribution in [2.75, 3.05) is 11.9 Å². The zero-order chi connectivity index (χ0) is 12.6. The SMILES string of the molecule is Cc1cc(C)c2c(c1)C1(CN2)C(C)(C)C1(C)C. The molecule has 1 saturated carbocycles. The summed E-state index contributed by atoms with van der Waals surface area (Å²) in [4.78, 5) is 0. The van der Waals surface area contributed by atoms with E-state index in [1.54, 1.807) is 5.56 Å². The molecule has 0 atom stereocenters. The highest BCUT2D eigenvalue weighted by molar-refractivity contribution is 5.71. The molecule has 1 nitrogen and oxygen atoms in total. The largest absolute Gasteiger partial charge is 0.384 e. The second-order valence-electron chi connectivity index (χ2n) is 7.01. The van der Waals surface area contributed by atoms with Crippen LogP contribution in [-0.2, 0) is 5.41 Å². The van der Waals surface area contributed by atoms with E-state index in [0.717, 1.165) is 6.54 Å². The third-order valence-corrected chi connectivity index (χ3v) is 6.10. The molecule has 2 aliphatic rings. The van der Waals surface area contributed by atoms with Gasteiger partial charge in [-0.15, -0.1) is 0 Å². The monoisotopic (exact) mass is 229 g/mol. The first-order valence-electron chi connectivity index (χ1n) is 6.61. The van der Waals surface area contributed by atoms with Crippen LogP contribution in [0.4, 0.5) is 5.69 Å². The number of rotatable bonds is 0. The average Bonchev–Trinajstić information content (AvgIpc) is 2.53. The summed E-state index contributed by atoms with van der Waals surface area (Å²) in [6, 6.07) is 4.69. The topological polar surface area (TPSA) is 12.0 Å². The fourth-order valence-electron chi connectivity index (χ4n) is 4.40. The van der Waals surface area contributed by atoms with E-state index in [0.29, 0.717) is 16.2 Å². The van der Waals surface area contributed by atoms with E-state index >= 15 is 0 Å². The summed E-state index contributed by atoms with van der Waals surface area (Å²) in [5.74, 6) is 0. The van der Waals surface area contributed by atoms with Gasteiger partial charge in [-0.2, -0.15) is 0 Å². The number of benzene rings is 1. The Morgan fingerprint density at radius 3 is 2.12 bits per heavy atom. The molecule has 0 unspecified atom stereocenters. The number of hydrogen-bond acceptors (Lipinski definition) is 1. The van der Waals surface area contributed by atoms with E-state index in [9.17, 15) is 0 Å². The summed E-state index contributed by atoms with van der Waals surface area (Å²) in [5, 5.41) is 3.66. The van der Waals surface area contributed by atoms with Crippen LogP contribution in [0.2, 0.25) is 0 Å². The molecule has 1 aliphatic carbocycles. The van der Waals surface area contributed by atoms with Crippen LogP contribution in [0.1, 0.15) is 44.4 Å². The van der Waals surface area contributed by atoms with E-state index in [1.165, 1.54) is 16.8 Å². The van der Waals surface area contributed by atoms with Crippen molar-refractivity contribution in [3.05, 3.63) is 28.8 Å². The maximum atomic E-state index is 3.66. The molecule has 1 aromatic rings. The minimum Gasteiger partial charge on any atom is -0.384 e. The Balaban J connectivity index is 2.25. The number of anilines is 1. The van der Waals surface area contributed by atoms with Crippen LogP contribution in [-0.4, -0.2) is 6.54 Å². The zero-order valence-electron chi connectivity index (χ0n) is 11.9. The fourth-order valence-corrected chi connectivity index (χ4v) is 4.40. The van der Waals surface area contributed by atoms with Crippen molar-refractivity contribution in [1.29, 1.82) is 0 Å². The molecule has 0 bridgehead atoms. The minimum atomic E-state index is 0.339. The lowest BCUT2D eigenvalue weighted by Gasteiger charge is -2.15. The van der Waals surface area contributed by atoms with Crippen LogP contribution in [0, 0.1) is 24.7 Å². The van der Waals surface area contributed by atoms with Crippen LogP contribution < -0.4 is 5.32 Å². The van der Waals surface area contributed by atoms with Gasteiger partial charge in [-0.1, -0.05) is 45.4 Å². The molecule has 1 heterocycles. The predicted octanol–water partition coefficient (Wildman–Crippen LogP) is 4.03. The van der Waals surface area contributed by atoms with Gasteiger partial charge in [-0.3, -0.25) is 0 Å². The number of hydrogen-bond donors (Lipinski definition) is 1. The molecule has 1 N–H and O–H groups in total. The summed E-state index contributed by atoms with van der Waals surface area (Å²) < 4.78 is 0. The number of fused-ring (bicyclic) bond motifs is 2. The van der Waals surface area contributed by atoms with Gasteiger partial charge in [0.05, 0.1) is 0 Å². The van der Waals surface area contributed by atoms with Crippen LogP contribution in [0.5, 0.6) is 0 Å². The summed E-state index contributed by atoms with van der Waals surface area (Å²) in [6.07, 6.45) is 0. The second kappa shape index (κ2) is 2.71. The lowest BCUT2D eigenvalue weighted by atomic mass is 9.86. The highest BCUT2D eigenvalue weighted by Gasteiger charge is 2.78. The first kappa shape index (κ1) is 11.1. The van der Waals surface area contributed by atoms with Crippen molar-refractivity contribution >= 4 is 5.69 Å². The van der Waals surface area contributed by atoms with Crippen LogP contribution >= 0.6 is 0 Å². The molecular weight excluding hydrogens is 206 g/mol. The summed E-state index contributed by atoms with van der Waals surface area (Å²) >= 11 is 0. The van der Waals surface area contributed by atoms with Gasteiger partial charge in [0.2, 0.25) is 0 Å². The quantitative estimate of drug-likeness (QED) is 0.708. The maximum absolute atomic E-state index is 3.66. The van der Waals surface area contributed by atoms with Gasteiger partial charge in [-0.05, 0) is 35.8 Å². The summed E-state index contributed by atoms with van der Waals surface area (Å²) in [7, 11) is 0. The smallest absolute Gasteiger partial charge is 0.0409 e. The summed E-state index contributed by atoms with van der Waals surface area (Å²) in [6.45, 7) is 15.2. The lowest BCUT2D eigenvalue weighted by Crippen LogP contribution is -2.18. The van der Waals surface area contributed by atoms with Gasteiger partial charge >= 0.3 is 0 Å². The molecule has 0 amide bonds. The van der Waals surface area contributed by atoms with Crippen molar-refractivity contribution in [1.82, 2.24) is 0 Å². The minimum absolute atomic E-state index is 0.339. The van der Waals surface area contributed by atoms with E-state index in [4.69, 9.17) is 0 Å². The molecule has 0 saturated heterocycles. The van der Waals surface area contributed by atoms with E-state index in [-0.39, 0.29) is 0 Å². The van der Waals surface area contributed by atoms with Gasteiger partial charge in [0.1, 0.15) is 0 Å². The Labute approximate surface area is 105 Å². The van der Waals surface area contributed by atoms with Gasteiger partial charge in [0.15, 0.2) is 0 Å². The zero-order valence-corrected chi connectivity index (χ0v) is 11.9. The lowest BCUT2D eigenvalue weighted by molar-refractivity contribution is 0.457. The molecule has 0 aromatic heterocycles. The van der Waals surface area contributed by atoms with Crippen LogP contribution in [0.25, 0.3) is 0 Å². The molecule has 92 valence electrons. The maximum Gasteiger partial charge on any atom is 0.0409 e. The van der Waals surface area contributed by atoms with Crippen molar-refractivity contribution in [2.24, 2.45) is 10.8 Å². The molecule has 3 rings (SSSR count). The third-order valence-electron chi connectivity index (χ3n) is 6.10. The molecule has 1 heteroatoms. The van der Waals surface area contributed by atoms with E-state index < -0.39 is 0 Å². The molecular formula is C16H23N. The normalized spacial score (nSPS) is 25.5. The number of aryl methyl sites for hydroxylation is 2. The Morgan fingerprint density at radius 2 is 1.59 bits per heavy atom. The fraction of sp³-hybridized carbons (Fsp3) is 0.625. The first-order chi connectivity index (χ1) is 7.75. The van der Waals surface area contributed by atoms with Crippen molar-refractivity contribution in [3.8, 4) is 0 Å². The Kier molecular flexibility index (Phi) is 1.77. The van der Waals surface area contributed by atoms with E-state index in [1.807, 2.05) is 0 Å². The molecule has 0 radical (unpaired) electrons. The Morgan fingerprint density at radius 1 is 1.00 bits per heavy atom. The molecule has 1 aromatic carbocycles. The van der Waals surface area contributed by atoms with Crippen LogP contribution in [0.3, 0.4) is 0 Å². The standard InChI is InChI=1S/C16H23N/c1-10-7-11(2)13-12(8-10)16(9-17-13)14(3,4)15(16,5)6/h7-8,17H,9H2,1-6H3. The van der Waals surface area contributed by atoms with Gasteiger partial charge in [0, 0.05) is 17.6 Å². The van der Waals surface area contributed by atoms with Crippen LogP contribution in [0.15, 0.2) is 12.1 Å².